The van der Waals surface area contributed by atoms with E-state index in [2.05, 4.69) is 5.32 Å². The van der Waals surface area contributed by atoms with Crippen molar-refractivity contribution in [3.05, 3.63) is 65.2 Å². The molecule has 1 fully saturated rings. The molecule has 0 saturated heterocycles. The van der Waals surface area contributed by atoms with Crippen molar-refractivity contribution < 1.29 is 23.9 Å². The zero-order valence-corrected chi connectivity index (χ0v) is 19.6. The summed E-state index contributed by atoms with van der Waals surface area (Å²) < 4.78 is 5.24. The SMILES string of the molecule is CC(C)COC(=O)c1ccc(NC(=O)C2CCCCC2CN2C(=O)c3ccccc3C2=O)cc1. The number of anilines is 1. The highest BCUT2D eigenvalue weighted by atomic mass is 16.5. The number of hydrogen-bond acceptors (Lipinski definition) is 5. The second kappa shape index (κ2) is 10.2. The van der Waals surface area contributed by atoms with E-state index in [0.29, 0.717) is 35.4 Å². The number of nitrogens with zero attached hydrogens (tertiary/aromatic N) is 1. The molecule has 4 rings (SSSR count). The van der Waals surface area contributed by atoms with Gasteiger partial charge in [-0.3, -0.25) is 19.3 Å². The molecule has 2 aromatic rings. The number of hydrogen-bond donors (Lipinski definition) is 1. The zero-order chi connectivity index (χ0) is 24.2. The molecule has 2 aromatic carbocycles. The van der Waals surface area contributed by atoms with E-state index in [4.69, 9.17) is 4.74 Å². The van der Waals surface area contributed by atoms with Crippen LogP contribution in [-0.2, 0) is 9.53 Å². The van der Waals surface area contributed by atoms with Gasteiger partial charge >= 0.3 is 5.97 Å². The largest absolute Gasteiger partial charge is 0.462 e. The fourth-order valence-electron chi connectivity index (χ4n) is 4.66. The number of ether oxygens (including phenoxy) is 1. The molecule has 0 radical (unpaired) electrons. The van der Waals surface area contributed by atoms with Gasteiger partial charge in [0.15, 0.2) is 0 Å². The van der Waals surface area contributed by atoms with Crippen LogP contribution in [0.4, 0.5) is 5.69 Å². The Balaban J connectivity index is 1.40. The van der Waals surface area contributed by atoms with E-state index in [1.54, 1.807) is 48.5 Å². The molecule has 3 amide bonds. The molecular weight excluding hydrogens is 432 g/mol. The van der Waals surface area contributed by atoms with Crippen LogP contribution in [0, 0.1) is 17.8 Å². The maximum absolute atomic E-state index is 13.1. The first-order chi connectivity index (χ1) is 16.3. The molecule has 0 bridgehead atoms. The number of rotatable bonds is 7. The van der Waals surface area contributed by atoms with Crippen molar-refractivity contribution in [2.24, 2.45) is 17.8 Å². The monoisotopic (exact) mass is 462 g/mol. The Morgan fingerprint density at radius 1 is 0.971 bits per heavy atom. The molecule has 34 heavy (non-hydrogen) atoms. The van der Waals surface area contributed by atoms with Crippen LogP contribution < -0.4 is 5.32 Å². The third-order valence-electron chi connectivity index (χ3n) is 6.48. The second-order valence-electron chi connectivity index (χ2n) is 9.48. The lowest BCUT2D eigenvalue weighted by Crippen LogP contribution is -2.41. The third-order valence-corrected chi connectivity index (χ3v) is 6.48. The molecule has 178 valence electrons. The summed E-state index contributed by atoms with van der Waals surface area (Å²) in [6.07, 6.45) is 3.38. The normalized spacial score (nSPS) is 19.8. The summed E-state index contributed by atoms with van der Waals surface area (Å²) in [6, 6.07) is 13.5. The highest BCUT2D eigenvalue weighted by Crippen LogP contribution is 2.34. The van der Waals surface area contributed by atoms with E-state index < -0.39 is 0 Å². The number of nitrogens with one attached hydrogen (secondary N) is 1. The summed E-state index contributed by atoms with van der Waals surface area (Å²) >= 11 is 0. The first kappa shape index (κ1) is 23.7. The van der Waals surface area contributed by atoms with Gasteiger partial charge in [-0.05, 0) is 61.1 Å². The number of esters is 1. The minimum atomic E-state index is -0.389. The maximum atomic E-state index is 13.1. The van der Waals surface area contributed by atoms with E-state index in [-0.39, 0.29) is 48.0 Å². The molecule has 0 spiro atoms. The molecule has 1 N–H and O–H groups in total. The van der Waals surface area contributed by atoms with Gasteiger partial charge in [0, 0.05) is 18.2 Å². The van der Waals surface area contributed by atoms with E-state index in [1.165, 1.54) is 4.90 Å². The molecule has 1 aliphatic carbocycles. The Bertz CT molecular complexity index is 1060. The number of fused-ring (bicyclic) bond motifs is 1. The highest BCUT2D eigenvalue weighted by Gasteiger charge is 2.40. The number of carbonyl (C=O) groups excluding carboxylic acids is 4. The van der Waals surface area contributed by atoms with Gasteiger partial charge in [0.1, 0.15) is 0 Å². The molecule has 1 heterocycles. The van der Waals surface area contributed by atoms with Crippen molar-refractivity contribution >= 4 is 29.4 Å². The minimum absolute atomic E-state index is 0.0961. The average molecular weight is 463 g/mol. The summed E-state index contributed by atoms with van der Waals surface area (Å²) in [6.45, 7) is 4.54. The Morgan fingerprint density at radius 2 is 1.59 bits per heavy atom. The molecular formula is C27H30N2O5. The summed E-state index contributed by atoms with van der Waals surface area (Å²) in [4.78, 5) is 52.1. The summed E-state index contributed by atoms with van der Waals surface area (Å²) in [7, 11) is 0. The van der Waals surface area contributed by atoms with Crippen LogP contribution in [0.1, 0.15) is 70.6 Å². The van der Waals surface area contributed by atoms with Crippen LogP contribution >= 0.6 is 0 Å². The average Bonchev–Trinajstić information content (AvgIpc) is 3.08. The van der Waals surface area contributed by atoms with Crippen molar-refractivity contribution in [1.29, 1.82) is 0 Å². The molecule has 7 nitrogen and oxygen atoms in total. The van der Waals surface area contributed by atoms with E-state index in [9.17, 15) is 19.2 Å². The topological polar surface area (TPSA) is 92.8 Å². The molecule has 2 atom stereocenters. The molecule has 7 heteroatoms. The quantitative estimate of drug-likeness (QED) is 0.482. The number of amides is 3. The van der Waals surface area contributed by atoms with Crippen molar-refractivity contribution in [1.82, 2.24) is 4.90 Å². The van der Waals surface area contributed by atoms with Gasteiger partial charge in [0.05, 0.1) is 23.3 Å². The first-order valence-electron chi connectivity index (χ1n) is 11.9. The number of benzene rings is 2. The predicted octanol–water partition coefficient (Wildman–Crippen LogP) is 4.54. The Kier molecular flexibility index (Phi) is 7.10. The van der Waals surface area contributed by atoms with E-state index in [1.807, 2.05) is 13.8 Å². The van der Waals surface area contributed by atoms with Crippen LogP contribution in [0.2, 0.25) is 0 Å². The lowest BCUT2D eigenvalue weighted by Gasteiger charge is -2.32. The molecule has 2 unspecified atom stereocenters. The lowest BCUT2D eigenvalue weighted by molar-refractivity contribution is -0.122. The maximum Gasteiger partial charge on any atom is 0.338 e. The summed E-state index contributed by atoms with van der Waals surface area (Å²) in [5, 5.41) is 2.94. The van der Waals surface area contributed by atoms with Crippen LogP contribution in [0.25, 0.3) is 0 Å². The molecule has 0 aromatic heterocycles. The minimum Gasteiger partial charge on any atom is -0.462 e. The molecule has 1 saturated carbocycles. The Labute approximate surface area is 199 Å². The van der Waals surface area contributed by atoms with Crippen LogP contribution in [-0.4, -0.2) is 41.7 Å². The fraction of sp³-hybridized carbons (Fsp3) is 0.407. The van der Waals surface area contributed by atoms with Crippen LogP contribution in [0.3, 0.4) is 0 Å². The van der Waals surface area contributed by atoms with E-state index >= 15 is 0 Å². The lowest BCUT2D eigenvalue weighted by atomic mass is 9.78. The number of carbonyl (C=O) groups is 4. The van der Waals surface area contributed by atoms with Crippen molar-refractivity contribution in [2.75, 3.05) is 18.5 Å². The first-order valence-corrected chi connectivity index (χ1v) is 11.9. The van der Waals surface area contributed by atoms with Gasteiger partial charge in [-0.2, -0.15) is 0 Å². The molecule has 2 aliphatic rings. The van der Waals surface area contributed by atoms with Gasteiger partial charge in [0.25, 0.3) is 11.8 Å². The molecule has 1 aliphatic heterocycles. The van der Waals surface area contributed by atoms with Gasteiger partial charge in [-0.1, -0.05) is 38.8 Å². The summed E-state index contributed by atoms with van der Waals surface area (Å²) in [5.74, 6) is -1.23. The predicted molar refractivity (Wildman–Crippen MR) is 127 cm³/mol. The Morgan fingerprint density at radius 3 is 2.21 bits per heavy atom. The fourth-order valence-corrected chi connectivity index (χ4v) is 4.66. The van der Waals surface area contributed by atoms with Gasteiger partial charge in [-0.15, -0.1) is 0 Å². The standard InChI is InChI=1S/C27H30N2O5/c1-17(2)16-34-27(33)18-11-13-20(14-12-18)28-24(30)21-8-4-3-7-19(21)15-29-25(31)22-9-5-6-10-23(22)26(29)32/h5-6,9-14,17,19,21H,3-4,7-8,15-16H2,1-2H3,(H,28,30). The van der Waals surface area contributed by atoms with Crippen LogP contribution in [0.15, 0.2) is 48.5 Å². The highest BCUT2D eigenvalue weighted by molar-refractivity contribution is 6.21. The van der Waals surface area contributed by atoms with Gasteiger partial charge in [0.2, 0.25) is 5.91 Å². The van der Waals surface area contributed by atoms with Crippen molar-refractivity contribution in [2.45, 2.75) is 39.5 Å². The number of imide groups is 1. The van der Waals surface area contributed by atoms with Crippen molar-refractivity contribution in [3.8, 4) is 0 Å². The Hall–Kier alpha value is -3.48. The zero-order valence-electron chi connectivity index (χ0n) is 19.6. The second-order valence-corrected chi connectivity index (χ2v) is 9.48. The van der Waals surface area contributed by atoms with Gasteiger partial charge in [-0.25, -0.2) is 4.79 Å². The van der Waals surface area contributed by atoms with E-state index in [0.717, 1.165) is 19.3 Å². The third kappa shape index (κ3) is 5.03. The van der Waals surface area contributed by atoms with Crippen LogP contribution in [0.5, 0.6) is 0 Å². The summed E-state index contributed by atoms with van der Waals surface area (Å²) in [5.41, 5.74) is 1.88. The smallest absolute Gasteiger partial charge is 0.338 e. The van der Waals surface area contributed by atoms with Crippen molar-refractivity contribution in [3.63, 3.8) is 0 Å². The van der Waals surface area contributed by atoms with Gasteiger partial charge < -0.3 is 10.1 Å².